The Balaban J connectivity index is 0.836. The molecule has 196 valence electrons. The van der Waals surface area contributed by atoms with Gasteiger partial charge in [-0.3, -0.25) is 29.0 Å². The van der Waals surface area contributed by atoms with Gasteiger partial charge in [0.1, 0.15) is 0 Å². The molecule has 6 fully saturated rings. The minimum Gasteiger partial charge on any atom is -0.279 e. The lowest BCUT2D eigenvalue weighted by Crippen LogP contribution is -2.44. The zero-order valence-electron chi connectivity index (χ0n) is 21.5. The monoisotopic (exact) mass is 502 g/mol. The minimum atomic E-state index is -0.0734. The lowest BCUT2D eigenvalue weighted by atomic mass is 9.75. The first kappa shape index (κ1) is 22.7. The maximum absolute atomic E-state index is 13.2. The molecule has 4 bridgehead atoms. The molecule has 2 saturated heterocycles. The third-order valence-electron chi connectivity index (χ3n) is 12.0. The van der Waals surface area contributed by atoms with E-state index in [2.05, 4.69) is 24.3 Å². The summed E-state index contributed by atoms with van der Waals surface area (Å²) < 4.78 is 0. The number of carbonyl (C=O) groups is 4. The fourth-order valence-electron chi connectivity index (χ4n) is 10.3. The van der Waals surface area contributed by atoms with Crippen molar-refractivity contribution in [1.82, 2.24) is 9.80 Å². The molecule has 2 heterocycles. The van der Waals surface area contributed by atoms with Crippen molar-refractivity contribution in [3.8, 4) is 0 Å². The molecule has 0 aromatic rings. The van der Waals surface area contributed by atoms with Crippen molar-refractivity contribution in [2.45, 2.75) is 82.7 Å². The van der Waals surface area contributed by atoms with Gasteiger partial charge in [-0.1, -0.05) is 24.3 Å². The van der Waals surface area contributed by atoms with Crippen LogP contribution in [0.2, 0.25) is 0 Å². The Kier molecular flexibility index (Phi) is 4.99. The molecule has 0 N–H and O–H groups in total. The molecule has 6 aliphatic carbocycles. The van der Waals surface area contributed by atoms with Crippen LogP contribution in [0.15, 0.2) is 24.3 Å². The van der Waals surface area contributed by atoms with E-state index in [9.17, 15) is 19.2 Å². The van der Waals surface area contributed by atoms with Gasteiger partial charge in [0.25, 0.3) is 0 Å². The Morgan fingerprint density at radius 2 is 0.784 bits per heavy atom. The molecule has 0 spiro atoms. The van der Waals surface area contributed by atoms with Gasteiger partial charge in [0, 0.05) is 12.1 Å². The van der Waals surface area contributed by atoms with E-state index in [-0.39, 0.29) is 59.4 Å². The average molecular weight is 503 g/mol. The summed E-state index contributed by atoms with van der Waals surface area (Å²) in [6.45, 7) is 0. The summed E-state index contributed by atoms with van der Waals surface area (Å²) in [5, 5.41) is 0. The fraction of sp³-hybridized carbons (Fsp3) is 0.742. The van der Waals surface area contributed by atoms with Crippen molar-refractivity contribution in [3.63, 3.8) is 0 Å². The zero-order valence-corrected chi connectivity index (χ0v) is 21.5. The predicted octanol–water partition coefficient (Wildman–Crippen LogP) is 4.11. The molecule has 0 unspecified atom stereocenters. The summed E-state index contributed by atoms with van der Waals surface area (Å²) in [7, 11) is 0. The van der Waals surface area contributed by atoms with Crippen molar-refractivity contribution >= 4 is 23.6 Å². The van der Waals surface area contributed by atoms with Gasteiger partial charge in [-0.15, -0.1) is 0 Å². The van der Waals surface area contributed by atoms with Gasteiger partial charge in [0.15, 0.2) is 0 Å². The van der Waals surface area contributed by atoms with Crippen LogP contribution in [0, 0.1) is 59.2 Å². The largest absolute Gasteiger partial charge is 0.279 e. The number of fused-ring (bicyclic) bond motifs is 10. The minimum absolute atomic E-state index is 0.0734. The molecule has 0 radical (unpaired) electrons. The SMILES string of the molecule is O=C1[C@H]2[C@H](C(=O)N1C1CCC(CC3CCC(N4C(=O)[C@H]5[C@H](C4=O)[C@H]4C=C[C@H]5C4)CC3)CC1)[C@H]1C=C[C@H]2C1. The van der Waals surface area contributed by atoms with Crippen molar-refractivity contribution in [3.05, 3.63) is 24.3 Å². The van der Waals surface area contributed by atoms with Gasteiger partial charge in [-0.2, -0.15) is 0 Å². The first-order valence-corrected chi connectivity index (χ1v) is 15.1. The van der Waals surface area contributed by atoms with E-state index in [4.69, 9.17) is 0 Å². The highest BCUT2D eigenvalue weighted by Gasteiger charge is 2.61. The lowest BCUT2D eigenvalue weighted by Gasteiger charge is -2.38. The second-order valence-electron chi connectivity index (χ2n) is 13.7. The molecule has 4 amide bonds. The highest BCUT2D eigenvalue weighted by Crippen LogP contribution is 2.55. The summed E-state index contributed by atoms with van der Waals surface area (Å²) in [6, 6.07) is 0.210. The predicted molar refractivity (Wildman–Crippen MR) is 135 cm³/mol. The second-order valence-corrected chi connectivity index (χ2v) is 13.7. The molecule has 8 atom stereocenters. The highest BCUT2D eigenvalue weighted by atomic mass is 16.2. The van der Waals surface area contributed by atoms with Crippen molar-refractivity contribution in [2.75, 3.05) is 0 Å². The Labute approximate surface area is 218 Å². The molecule has 6 heteroatoms. The number of rotatable bonds is 4. The Morgan fingerprint density at radius 1 is 0.486 bits per heavy atom. The van der Waals surface area contributed by atoms with Gasteiger partial charge < -0.3 is 0 Å². The molecule has 37 heavy (non-hydrogen) atoms. The van der Waals surface area contributed by atoms with E-state index >= 15 is 0 Å². The zero-order chi connectivity index (χ0) is 25.0. The molecule has 4 saturated carbocycles. The number of nitrogens with zero attached hydrogens (tertiary/aromatic N) is 2. The third-order valence-corrected chi connectivity index (χ3v) is 12.0. The van der Waals surface area contributed by atoms with Crippen LogP contribution in [0.1, 0.15) is 70.6 Å². The standard InChI is InChI=1S/C31H38N2O4/c34-28-24-18-5-6-19(14-18)25(24)29(35)32(28)22-9-1-16(2-10-22)13-17-3-11-23(12-4-17)33-30(36)26-20-7-8-21(15-20)27(26)31(33)37/h5-8,16-27H,1-4,9-15H2/t16?,17?,18-,19-,20-,21-,22?,23?,24+,25+,26+,27+/m0/s1. The van der Waals surface area contributed by atoms with Crippen molar-refractivity contribution < 1.29 is 19.2 Å². The van der Waals surface area contributed by atoms with Crippen LogP contribution in [-0.4, -0.2) is 45.5 Å². The average Bonchev–Trinajstić information content (AvgIpc) is 3.74. The Morgan fingerprint density at radius 3 is 1.08 bits per heavy atom. The van der Waals surface area contributed by atoms with E-state index < -0.39 is 0 Å². The molecular formula is C31H38N2O4. The fourth-order valence-corrected chi connectivity index (χ4v) is 10.3. The number of allylic oxidation sites excluding steroid dienone is 4. The number of amides is 4. The normalized spacial score (nSPS) is 49.6. The van der Waals surface area contributed by atoms with Gasteiger partial charge in [-0.05, 0) is 106 Å². The number of hydrogen-bond donors (Lipinski definition) is 0. The van der Waals surface area contributed by atoms with E-state index in [1.54, 1.807) is 9.80 Å². The van der Waals surface area contributed by atoms with Crippen LogP contribution in [-0.2, 0) is 19.2 Å². The first-order chi connectivity index (χ1) is 18.0. The van der Waals surface area contributed by atoms with Gasteiger partial charge in [0.2, 0.25) is 23.6 Å². The van der Waals surface area contributed by atoms with Crippen molar-refractivity contribution in [2.24, 2.45) is 59.2 Å². The quantitative estimate of drug-likeness (QED) is 0.428. The van der Waals surface area contributed by atoms with Crippen molar-refractivity contribution in [1.29, 1.82) is 0 Å². The smallest absolute Gasteiger partial charge is 0.233 e. The molecule has 6 nitrogen and oxygen atoms in total. The van der Waals surface area contributed by atoms with E-state index in [1.165, 1.54) is 6.42 Å². The molecular weight excluding hydrogens is 464 g/mol. The van der Waals surface area contributed by atoms with Gasteiger partial charge >= 0.3 is 0 Å². The summed E-state index contributed by atoms with van der Waals surface area (Å²) in [6.07, 6.45) is 20.1. The number of carbonyl (C=O) groups excluding carboxylic acids is 4. The lowest BCUT2D eigenvalue weighted by molar-refractivity contribution is -0.145. The summed E-state index contributed by atoms with van der Waals surface area (Å²) in [4.78, 5) is 56.2. The topological polar surface area (TPSA) is 74.8 Å². The summed E-state index contributed by atoms with van der Waals surface area (Å²) in [5.74, 6) is 2.68. The highest BCUT2D eigenvalue weighted by molar-refractivity contribution is 6.07. The van der Waals surface area contributed by atoms with Crippen LogP contribution in [0.3, 0.4) is 0 Å². The number of likely N-dealkylation sites (tertiary alicyclic amines) is 2. The van der Waals surface area contributed by atoms with Gasteiger partial charge in [-0.25, -0.2) is 0 Å². The Hall–Kier alpha value is -2.24. The van der Waals surface area contributed by atoms with Gasteiger partial charge in [0.05, 0.1) is 23.7 Å². The molecule has 0 aromatic carbocycles. The van der Waals surface area contributed by atoms with Crippen LogP contribution in [0.4, 0.5) is 0 Å². The molecule has 8 aliphatic rings. The van der Waals surface area contributed by atoms with Crippen LogP contribution < -0.4 is 0 Å². The maximum Gasteiger partial charge on any atom is 0.233 e. The number of imide groups is 2. The van der Waals surface area contributed by atoms with E-state index in [0.717, 1.165) is 64.2 Å². The molecule has 2 aliphatic heterocycles. The van der Waals surface area contributed by atoms with E-state index in [0.29, 0.717) is 35.5 Å². The summed E-state index contributed by atoms with van der Waals surface area (Å²) in [5.41, 5.74) is 0. The molecule has 8 rings (SSSR count). The van der Waals surface area contributed by atoms with E-state index in [1.807, 2.05) is 0 Å². The van der Waals surface area contributed by atoms with Crippen LogP contribution in [0.25, 0.3) is 0 Å². The van der Waals surface area contributed by atoms with Crippen LogP contribution >= 0.6 is 0 Å². The van der Waals surface area contributed by atoms with Crippen LogP contribution in [0.5, 0.6) is 0 Å². The number of hydrogen-bond acceptors (Lipinski definition) is 4. The molecule has 0 aromatic heterocycles. The Bertz CT molecular complexity index is 964. The maximum atomic E-state index is 13.2. The first-order valence-electron chi connectivity index (χ1n) is 15.1. The third kappa shape index (κ3) is 3.16. The summed E-state index contributed by atoms with van der Waals surface area (Å²) >= 11 is 0. The second kappa shape index (κ2) is 8.13.